The SMILES string of the molecule is CN1CCC(C(N)C2(CO)CC2)C1. The van der Waals surface area contributed by atoms with Crippen LogP contribution >= 0.6 is 0 Å². The molecule has 2 atom stereocenters. The molecule has 1 saturated heterocycles. The van der Waals surface area contributed by atoms with Gasteiger partial charge in [-0.15, -0.1) is 0 Å². The van der Waals surface area contributed by atoms with Crippen molar-refractivity contribution in [2.45, 2.75) is 25.3 Å². The molecule has 2 fully saturated rings. The van der Waals surface area contributed by atoms with E-state index in [4.69, 9.17) is 5.73 Å². The van der Waals surface area contributed by atoms with Crippen LogP contribution in [0, 0.1) is 11.3 Å². The maximum absolute atomic E-state index is 9.26. The van der Waals surface area contributed by atoms with Crippen LogP contribution in [-0.4, -0.2) is 42.8 Å². The Hall–Kier alpha value is -0.120. The lowest BCUT2D eigenvalue weighted by molar-refractivity contribution is 0.161. The smallest absolute Gasteiger partial charge is 0.0502 e. The van der Waals surface area contributed by atoms with Crippen LogP contribution in [0.15, 0.2) is 0 Å². The number of rotatable bonds is 3. The molecule has 3 nitrogen and oxygen atoms in total. The summed E-state index contributed by atoms with van der Waals surface area (Å²) in [6.07, 6.45) is 3.47. The van der Waals surface area contributed by atoms with E-state index in [1.165, 1.54) is 13.0 Å². The molecule has 0 bridgehead atoms. The Bertz CT molecular complexity index is 191. The van der Waals surface area contributed by atoms with Gasteiger partial charge in [-0.2, -0.15) is 0 Å². The van der Waals surface area contributed by atoms with Gasteiger partial charge in [0, 0.05) is 18.0 Å². The number of hydrogen-bond donors (Lipinski definition) is 2. The molecule has 0 radical (unpaired) electrons. The van der Waals surface area contributed by atoms with Gasteiger partial charge >= 0.3 is 0 Å². The van der Waals surface area contributed by atoms with Gasteiger partial charge in [-0.05, 0) is 38.8 Å². The fourth-order valence-electron chi connectivity index (χ4n) is 2.52. The molecule has 0 aromatic heterocycles. The van der Waals surface area contributed by atoms with Gasteiger partial charge in [-0.1, -0.05) is 0 Å². The third kappa shape index (κ3) is 1.60. The number of likely N-dealkylation sites (tertiary alicyclic amines) is 1. The summed E-state index contributed by atoms with van der Waals surface area (Å²) < 4.78 is 0. The number of aliphatic hydroxyl groups is 1. The van der Waals surface area contributed by atoms with E-state index in [1.807, 2.05) is 0 Å². The zero-order chi connectivity index (χ0) is 9.47. The predicted octanol–water partition coefficient (Wildman–Crippen LogP) is 0.0379. The fraction of sp³-hybridized carbons (Fsp3) is 1.00. The average molecular weight is 184 g/mol. The quantitative estimate of drug-likeness (QED) is 0.651. The van der Waals surface area contributed by atoms with Gasteiger partial charge in [-0.25, -0.2) is 0 Å². The van der Waals surface area contributed by atoms with Gasteiger partial charge in [0.1, 0.15) is 0 Å². The molecule has 2 rings (SSSR count). The molecule has 13 heavy (non-hydrogen) atoms. The molecule has 0 aromatic carbocycles. The first-order valence-electron chi connectivity index (χ1n) is 5.23. The molecule has 3 heteroatoms. The van der Waals surface area contributed by atoms with E-state index in [0.717, 1.165) is 19.4 Å². The van der Waals surface area contributed by atoms with E-state index in [0.29, 0.717) is 5.92 Å². The van der Waals surface area contributed by atoms with Crippen LogP contribution in [0.1, 0.15) is 19.3 Å². The van der Waals surface area contributed by atoms with Gasteiger partial charge in [0.15, 0.2) is 0 Å². The third-order valence-electron chi connectivity index (χ3n) is 3.85. The lowest BCUT2D eigenvalue weighted by atomic mass is 9.86. The molecule has 76 valence electrons. The van der Waals surface area contributed by atoms with Crippen LogP contribution in [0.5, 0.6) is 0 Å². The monoisotopic (exact) mass is 184 g/mol. The van der Waals surface area contributed by atoms with Gasteiger partial charge in [0.05, 0.1) is 6.61 Å². The maximum atomic E-state index is 9.26. The van der Waals surface area contributed by atoms with E-state index < -0.39 is 0 Å². The molecule has 2 aliphatic rings. The zero-order valence-electron chi connectivity index (χ0n) is 8.37. The second-order valence-corrected chi connectivity index (χ2v) is 4.86. The second-order valence-electron chi connectivity index (χ2n) is 4.86. The van der Waals surface area contributed by atoms with E-state index in [2.05, 4.69) is 11.9 Å². The number of nitrogens with zero attached hydrogens (tertiary/aromatic N) is 1. The summed E-state index contributed by atoms with van der Waals surface area (Å²) in [6, 6.07) is 0.224. The lowest BCUT2D eigenvalue weighted by Gasteiger charge is -2.26. The summed E-state index contributed by atoms with van der Waals surface area (Å²) >= 11 is 0. The minimum Gasteiger partial charge on any atom is -0.396 e. The summed E-state index contributed by atoms with van der Waals surface area (Å²) in [5.74, 6) is 0.611. The van der Waals surface area contributed by atoms with Crippen molar-refractivity contribution in [2.75, 3.05) is 26.7 Å². The van der Waals surface area contributed by atoms with Crippen LogP contribution in [0.25, 0.3) is 0 Å². The van der Waals surface area contributed by atoms with Crippen molar-refractivity contribution in [1.29, 1.82) is 0 Å². The highest BCUT2D eigenvalue weighted by Crippen LogP contribution is 2.50. The Kier molecular flexibility index (Phi) is 2.34. The van der Waals surface area contributed by atoms with Crippen LogP contribution in [-0.2, 0) is 0 Å². The molecular weight excluding hydrogens is 164 g/mol. The third-order valence-corrected chi connectivity index (χ3v) is 3.85. The van der Waals surface area contributed by atoms with E-state index >= 15 is 0 Å². The molecule has 0 spiro atoms. The topological polar surface area (TPSA) is 49.5 Å². The second kappa shape index (κ2) is 3.23. The molecule has 0 amide bonds. The number of aliphatic hydroxyl groups excluding tert-OH is 1. The van der Waals surface area contributed by atoms with Crippen molar-refractivity contribution in [3.8, 4) is 0 Å². The van der Waals surface area contributed by atoms with Crippen molar-refractivity contribution in [3.63, 3.8) is 0 Å². The first-order valence-corrected chi connectivity index (χ1v) is 5.23. The summed E-state index contributed by atoms with van der Waals surface area (Å²) in [6.45, 7) is 2.57. The van der Waals surface area contributed by atoms with Crippen LogP contribution in [0.3, 0.4) is 0 Å². The summed E-state index contributed by atoms with van der Waals surface area (Å²) in [5.41, 5.74) is 6.31. The van der Waals surface area contributed by atoms with Crippen molar-refractivity contribution in [1.82, 2.24) is 4.90 Å². The van der Waals surface area contributed by atoms with Crippen molar-refractivity contribution < 1.29 is 5.11 Å². The largest absolute Gasteiger partial charge is 0.396 e. The predicted molar refractivity (Wildman–Crippen MR) is 52.3 cm³/mol. The fourth-order valence-corrected chi connectivity index (χ4v) is 2.52. The van der Waals surface area contributed by atoms with Crippen LogP contribution in [0.2, 0.25) is 0 Å². The molecule has 1 saturated carbocycles. The molecule has 1 aliphatic carbocycles. The average Bonchev–Trinajstić information content (AvgIpc) is 2.82. The number of nitrogens with two attached hydrogens (primary N) is 1. The van der Waals surface area contributed by atoms with Crippen LogP contribution in [0.4, 0.5) is 0 Å². The van der Waals surface area contributed by atoms with E-state index in [-0.39, 0.29) is 18.1 Å². The minimum absolute atomic E-state index is 0.107. The maximum Gasteiger partial charge on any atom is 0.0502 e. The Morgan fingerprint density at radius 2 is 2.31 bits per heavy atom. The van der Waals surface area contributed by atoms with Gasteiger partial charge in [0.25, 0.3) is 0 Å². The zero-order valence-corrected chi connectivity index (χ0v) is 8.37. The summed E-state index contributed by atoms with van der Waals surface area (Å²) in [5, 5.41) is 9.26. The Morgan fingerprint density at radius 1 is 1.62 bits per heavy atom. The first kappa shape index (κ1) is 9.44. The van der Waals surface area contributed by atoms with Gasteiger partial charge < -0.3 is 15.7 Å². The first-order chi connectivity index (χ1) is 6.18. The Labute approximate surface area is 79.9 Å². The lowest BCUT2D eigenvalue weighted by Crippen LogP contribution is -2.41. The molecule has 2 unspecified atom stereocenters. The highest BCUT2D eigenvalue weighted by atomic mass is 16.3. The summed E-state index contributed by atoms with van der Waals surface area (Å²) in [7, 11) is 2.14. The van der Waals surface area contributed by atoms with Gasteiger partial charge in [-0.3, -0.25) is 0 Å². The molecule has 1 heterocycles. The molecule has 1 aliphatic heterocycles. The molecule has 0 aromatic rings. The van der Waals surface area contributed by atoms with Crippen molar-refractivity contribution in [3.05, 3.63) is 0 Å². The Morgan fingerprint density at radius 3 is 2.69 bits per heavy atom. The highest BCUT2D eigenvalue weighted by molar-refractivity contribution is 5.04. The van der Waals surface area contributed by atoms with E-state index in [1.54, 1.807) is 0 Å². The summed E-state index contributed by atoms with van der Waals surface area (Å²) in [4.78, 5) is 2.33. The van der Waals surface area contributed by atoms with Gasteiger partial charge in [0.2, 0.25) is 0 Å². The van der Waals surface area contributed by atoms with Crippen molar-refractivity contribution in [2.24, 2.45) is 17.1 Å². The van der Waals surface area contributed by atoms with Crippen LogP contribution < -0.4 is 5.73 Å². The minimum atomic E-state index is 0.107. The molecule has 3 N–H and O–H groups in total. The molecular formula is C10H20N2O. The highest BCUT2D eigenvalue weighted by Gasteiger charge is 2.50. The Balaban J connectivity index is 1.93. The normalized spacial score (nSPS) is 34.8. The van der Waals surface area contributed by atoms with Crippen molar-refractivity contribution >= 4 is 0 Å². The number of hydrogen-bond acceptors (Lipinski definition) is 3. The standard InChI is InChI=1S/C10H20N2O/c1-12-5-2-8(6-12)9(11)10(7-13)3-4-10/h8-9,13H,2-7,11H2,1H3. The van der Waals surface area contributed by atoms with E-state index in [9.17, 15) is 5.11 Å².